The number of benzene rings is 1. The Morgan fingerprint density at radius 2 is 1.94 bits per heavy atom. The van der Waals surface area contributed by atoms with Crippen LogP contribution in [-0.2, 0) is 6.42 Å². The predicted molar refractivity (Wildman–Crippen MR) is 67.1 cm³/mol. The largest absolute Gasteiger partial charge is 0.273 e. The maximum Gasteiger partial charge on any atom is 0.247 e. The number of carbonyl (C=O) groups excluding carboxylic acids is 1. The molecule has 0 aliphatic carbocycles. The molecule has 0 saturated heterocycles. The minimum Gasteiger partial charge on any atom is -0.273 e. The van der Waals surface area contributed by atoms with E-state index >= 15 is 0 Å². The zero-order valence-corrected chi connectivity index (χ0v) is 10.2. The molecule has 0 unspecified atom stereocenters. The molecule has 0 aliphatic rings. The van der Waals surface area contributed by atoms with E-state index in [1.807, 2.05) is 50.2 Å². The third-order valence-electron chi connectivity index (χ3n) is 2.72. The maximum atomic E-state index is 12.0. The monoisotopic (exact) mass is 228 g/mol. The van der Waals surface area contributed by atoms with Gasteiger partial charge in [0.1, 0.15) is 0 Å². The van der Waals surface area contributed by atoms with Gasteiger partial charge in [-0.1, -0.05) is 30.3 Å². The average Bonchev–Trinajstić information content (AvgIpc) is 2.67. The van der Waals surface area contributed by atoms with Crippen LogP contribution >= 0.6 is 0 Å². The van der Waals surface area contributed by atoms with Gasteiger partial charge in [-0.25, -0.2) is 4.68 Å². The SMILES string of the molecule is Cc1cc(C)n(C(=O)CCc2ccccc2)n1. The smallest absolute Gasteiger partial charge is 0.247 e. The number of aromatic nitrogens is 2. The highest BCUT2D eigenvalue weighted by Crippen LogP contribution is 2.07. The van der Waals surface area contributed by atoms with Crippen molar-refractivity contribution in [2.24, 2.45) is 0 Å². The van der Waals surface area contributed by atoms with Crippen molar-refractivity contribution in [2.45, 2.75) is 26.7 Å². The van der Waals surface area contributed by atoms with Gasteiger partial charge in [0, 0.05) is 12.1 Å². The van der Waals surface area contributed by atoms with E-state index in [9.17, 15) is 4.79 Å². The molecule has 0 aliphatic heterocycles. The number of hydrogen-bond acceptors (Lipinski definition) is 2. The van der Waals surface area contributed by atoms with Crippen molar-refractivity contribution < 1.29 is 4.79 Å². The molecule has 0 saturated carbocycles. The summed E-state index contributed by atoms with van der Waals surface area (Å²) >= 11 is 0. The average molecular weight is 228 g/mol. The van der Waals surface area contributed by atoms with Crippen LogP contribution in [0.15, 0.2) is 36.4 Å². The van der Waals surface area contributed by atoms with Crippen LogP contribution in [0.2, 0.25) is 0 Å². The molecule has 17 heavy (non-hydrogen) atoms. The molecule has 2 rings (SSSR count). The van der Waals surface area contributed by atoms with Crippen LogP contribution in [0.25, 0.3) is 0 Å². The normalized spacial score (nSPS) is 10.5. The lowest BCUT2D eigenvalue weighted by molar-refractivity contribution is 0.0884. The molecule has 2 aromatic rings. The first kappa shape index (κ1) is 11.6. The molecule has 3 nitrogen and oxygen atoms in total. The van der Waals surface area contributed by atoms with Gasteiger partial charge >= 0.3 is 0 Å². The van der Waals surface area contributed by atoms with Gasteiger partial charge in [-0.15, -0.1) is 0 Å². The standard InChI is InChI=1S/C14H16N2O/c1-11-10-12(2)16(15-11)14(17)9-8-13-6-4-3-5-7-13/h3-7,10H,8-9H2,1-2H3. The number of aryl methyl sites for hydroxylation is 3. The highest BCUT2D eigenvalue weighted by molar-refractivity contribution is 5.78. The van der Waals surface area contributed by atoms with Crippen molar-refractivity contribution in [3.05, 3.63) is 53.3 Å². The summed E-state index contributed by atoms with van der Waals surface area (Å²) in [4.78, 5) is 12.0. The second-order valence-electron chi connectivity index (χ2n) is 4.22. The van der Waals surface area contributed by atoms with E-state index in [0.717, 1.165) is 17.8 Å². The van der Waals surface area contributed by atoms with Crippen molar-refractivity contribution in [1.29, 1.82) is 0 Å². The highest BCUT2D eigenvalue weighted by Gasteiger charge is 2.09. The molecule has 0 N–H and O–H groups in total. The topological polar surface area (TPSA) is 34.9 Å². The van der Waals surface area contributed by atoms with Crippen LogP contribution in [0.5, 0.6) is 0 Å². The summed E-state index contributed by atoms with van der Waals surface area (Å²) in [7, 11) is 0. The fraction of sp³-hybridized carbons (Fsp3) is 0.286. The van der Waals surface area contributed by atoms with Crippen LogP contribution < -0.4 is 0 Å². The Kier molecular flexibility index (Phi) is 3.38. The van der Waals surface area contributed by atoms with Gasteiger partial charge in [-0.05, 0) is 31.9 Å². The fourth-order valence-corrected chi connectivity index (χ4v) is 1.88. The van der Waals surface area contributed by atoms with Gasteiger partial charge in [0.15, 0.2) is 0 Å². The molecule has 0 radical (unpaired) electrons. The van der Waals surface area contributed by atoms with E-state index in [1.54, 1.807) is 0 Å². The molecule has 88 valence electrons. The Balaban J connectivity index is 2.01. The lowest BCUT2D eigenvalue weighted by atomic mass is 10.1. The summed E-state index contributed by atoms with van der Waals surface area (Å²) in [5.41, 5.74) is 2.97. The first-order valence-electron chi connectivity index (χ1n) is 5.77. The van der Waals surface area contributed by atoms with Crippen LogP contribution in [0, 0.1) is 13.8 Å². The van der Waals surface area contributed by atoms with Crippen molar-refractivity contribution in [3.63, 3.8) is 0 Å². The van der Waals surface area contributed by atoms with Gasteiger partial charge in [0.2, 0.25) is 5.91 Å². The Labute approximate surface area is 101 Å². The van der Waals surface area contributed by atoms with E-state index in [1.165, 1.54) is 10.2 Å². The van der Waals surface area contributed by atoms with Crippen molar-refractivity contribution in [2.75, 3.05) is 0 Å². The second-order valence-corrected chi connectivity index (χ2v) is 4.22. The van der Waals surface area contributed by atoms with Crippen LogP contribution in [0.4, 0.5) is 0 Å². The summed E-state index contributed by atoms with van der Waals surface area (Å²) < 4.78 is 1.50. The summed E-state index contributed by atoms with van der Waals surface area (Å²) in [5, 5.41) is 4.19. The van der Waals surface area contributed by atoms with Gasteiger partial charge in [0.25, 0.3) is 0 Å². The van der Waals surface area contributed by atoms with Crippen molar-refractivity contribution in [3.8, 4) is 0 Å². The second kappa shape index (κ2) is 4.95. The highest BCUT2D eigenvalue weighted by atomic mass is 16.2. The van der Waals surface area contributed by atoms with Gasteiger partial charge < -0.3 is 0 Å². The number of hydrogen-bond donors (Lipinski definition) is 0. The molecule has 0 spiro atoms. The molecule has 0 fully saturated rings. The number of rotatable bonds is 3. The van der Waals surface area contributed by atoms with Crippen LogP contribution in [-0.4, -0.2) is 15.7 Å². The van der Waals surface area contributed by atoms with E-state index in [0.29, 0.717) is 6.42 Å². The zero-order chi connectivity index (χ0) is 12.3. The molecular weight excluding hydrogens is 212 g/mol. The van der Waals surface area contributed by atoms with E-state index in [2.05, 4.69) is 5.10 Å². The van der Waals surface area contributed by atoms with Crippen molar-refractivity contribution in [1.82, 2.24) is 9.78 Å². The zero-order valence-electron chi connectivity index (χ0n) is 10.2. The molecule has 0 atom stereocenters. The Morgan fingerprint density at radius 3 is 2.53 bits per heavy atom. The summed E-state index contributed by atoms with van der Waals surface area (Å²) in [6, 6.07) is 11.9. The van der Waals surface area contributed by atoms with E-state index in [-0.39, 0.29) is 5.91 Å². The quantitative estimate of drug-likeness (QED) is 0.809. The maximum absolute atomic E-state index is 12.0. The van der Waals surface area contributed by atoms with Gasteiger partial charge in [0.05, 0.1) is 5.69 Å². The van der Waals surface area contributed by atoms with Crippen LogP contribution in [0.1, 0.15) is 28.2 Å². The first-order chi connectivity index (χ1) is 8.16. The molecule has 0 amide bonds. The Bertz CT molecular complexity index is 514. The van der Waals surface area contributed by atoms with E-state index in [4.69, 9.17) is 0 Å². The molecule has 0 bridgehead atoms. The molecule has 3 heteroatoms. The van der Waals surface area contributed by atoms with Gasteiger partial charge in [-0.3, -0.25) is 4.79 Å². The summed E-state index contributed by atoms with van der Waals surface area (Å²) in [6.07, 6.45) is 1.25. The van der Waals surface area contributed by atoms with Crippen LogP contribution in [0.3, 0.4) is 0 Å². The first-order valence-corrected chi connectivity index (χ1v) is 5.77. The summed E-state index contributed by atoms with van der Waals surface area (Å²) in [5.74, 6) is 0.0550. The van der Waals surface area contributed by atoms with E-state index < -0.39 is 0 Å². The lowest BCUT2D eigenvalue weighted by Crippen LogP contribution is -2.14. The lowest BCUT2D eigenvalue weighted by Gasteiger charge is -2.03. The molecule has 1 aromatic carbocycles. The minimum absolute atomic E-state index is 0.0550. The number of carbonyl (C=O) groups is 1. The predicted octanol–water partition coefficient (Wildman–Crippen LogP) is 2.77. The fourth-order valence-electron chi connectivity index (χ4n) is 1.88. The summed E-state index contributed by atoms with van der Waals surface area (Å²) in [6.45, 7) is 3.80. The Morgan fingerprint density at radius 1 is 1.24 bits per heavy atom. The van der Waals surface area contributed by atoms with Crippen molar-refractivity contribution >= 4 is 5.91 Å². The molecule has 1 heterocycles. The minimum atomic E-state index is 0.0550. The van der Waals surface area contributed by atoms with Gasteiger partial charge in [-0.2, -0.15) is 5.10 Å². The third-order valence-corrected chi connectivity index (χ3v) is 2.72. The molecular formula is C14H16N2O. The molecule has 1 aromatic heterocycles. The number of nitrogens with zero attached hydrogens (tertiary/aromatic N) is 2. The Hall–Kier alpha value is -1.90. The third kappa shape index (κ3) is 2.81.